The van der Waals surface area contributed by atoms with Crippen LogP contribution in [-0.2, 0) is 16.1 Å². The summed E-state index contributed by atoms with van der Waals surface area (Å²) in [6.07, 6.45) is -0.603. The molecule has 3 heteroatoms. The average Bonchev–Trinajstić information content (AvgIpc) is 2.38. The Labute approximate surface area is 109 Å². The maximum atomic E-state index is 11.9. The van der Waals surface area contributed by atoms with E-state index in [1.807, 2.05) is 37.3 Å². The first-order valence-electron chi connectivity index (χ1n) is 6.35. The minimum Gasteiger partial charge on any atom is -0.393 e. The highest BCUT2D eigenvalue weighted by Gasteiger charge is 2.23. The lowest BCUT2D eigenvalue weighted by molar-refractivity contribution is -0.130. The van der Waals surface area contributed by atoms with Gasteiger partial charge in [-0.25, -0.2) is 0 Å². The Bertz CT molecular complexity index is 359. The number of ketones is 1. The summed E-state index contributed by atoms with van der Waals surface area (Å²) in [5.41, 5.74) is 1.10. The van der Waals surface area contributed by atoms with Gasteiger partial charge in [-0.05, 0) is 12.5 Å². The van der Waals surface area contributed by atoms with Crippen LogP contribution in [0, 0.1) is 11.8 Å². The number of ether oxygens (including phenoxy) is 1. The smallest absolute Gasteiger partial charge is 0.143 e. The highest BCUT2D eigenvalue weighted by atomic mass is 16.5. The fourth-order valence-corrected chi connectivity index (χ4v) is 1.70. The van der Waals surface area contributed by atoms with Gasteiger partial charge in [-0.15, -0.1) is 0 Å². The van der Waals surface area contributed by atoms with Crippen LogP contribution in [0.15, 0.2) is 30.3 Å². The third-order valence-corrected chi connectivity index (χ3v) is 3.14. The third-order valence-electron chi connectivity index (χ3n) is 3.14. The number of rotatable bonds is 7. The summed E-state index contributed by atoms with van der Waals surface area (Å²) in [5.74, 6) is -0.461. The number of benzene rings is 1. The van der Waals surface area contributed by atoms with Gasteiger partial charge in [-0.1, -0.05) is 44.2 Å². The summed E-state index contributed by atoms with van der Waals surface area (Å²) in [5, 5.41) is 9.38. The van der Waals surface area contributed by atoms with Crippen molar-refractivity contribution in [2.75, 3.05) is 6.61 Å². The molecule has 3 atom stereocenters. The van der Waals surface area contributed by atoms with Crippen LogP contribution in [0.25, 0.3) is 0 Å². The van der Waals surface area contributed by atoms with Crippen molar-refractivity contribution in [3.05, 3.63) is 35.9 Å². The minimum absolute atomic E-state index is 0.0538. The van der Waals surface area contributed by atoms with E-state index < -0.39 is 6.10 Å². The van der Waals surface area contributed by atoms with E-state index in [9.17, 15) is 9.90 Å². The standard InChI is InChI=1S/C15H22O3/c1-11(15(17)12(2)13(3)16)9-18-10-14-7-5-4-6-8-14/h4-8,11-13,16H,9-10H2,1-3H3/t11-,12-,13-/m1/s1. The lowest BCUT2D eigenvalue weighted by atomic mass is 9.92. The summed E-state index contributed by atoms with van der Waals surface area (Å²) in [4.78, 5) is 11.9. The molecular weight excluding hydrogens is 228 g/mol. The third kappa shape index (κ3) is 4.59. The van der Waals surface area contributed by atoms with Crippen molar-refractivity contribution in [2.45, 2.75) is 33.5 Å². The number of carbonyl (C=O) groups is 1. The first-order chi connectivity index (χ1) is 8.52. The Morgan fingerprint density at radius 3 is 2.39 bits per heavy atom. The summed E-state index contributed by atoms with van der Waals surface area (Å²) in [6, 6.07) is 9.86. The topological polar surface area (TPSA) is 46.5 Å². The Morgan fingerprint density at radius 2 is 1.83 bits per heavy atom. The van der Waals surface area contributed by atoms with E-state index >= 15 is 0 Å². The van der Waals surface area contributed by atoms with Crippen LogP contribution in [0.3, 0.4) is 0 Å². The van der Waals surface area contributed by atoms with Crippen LogP contribution in [-0.4, -0.2) is 23.6 Å². The van der Waals surface area contributed by atoms with Crippen LogP contribution >= 0.6 is 0 Å². The number of hydrogen-bond donors (Lipinski definition) is 1. The molecule has 0 aromatic heterocycles. The van der Waals surface area contributed by atoms with Crippen LogP contribution in [0.4, 0.5) is 0 Å². The van der Waals surface area contributed by atoms with Crippen LogP contribution in [0.2, 0.25) is 0 Å². The second-order valence-electron chi connectivity index (χ2n) is 4.83. The van der Waals surface area contributed by atoms with Gasteiger partial charge in [0.05, 0.1) is 19.3 Å². The van der Waals surface area contributed by atoms with Gasteiger partial charge in [0, 0.05) is 11.8 Å². The average molecular weight is 250 g/mol. The largest absolute Gasteiger partial charge is 0.393 e. The maximum absolute atomic E-state index is 11.9. The van der Waals surface area contributed by atoms with Crippen molar-refractivity contribution in [2.24, 2.45) is 11.8 Å². The van der Waals surface area contributed by atoms with E-state index in [0.29, 0.717) is 13.2 Å². The molecule has 0 fully saturated rings. The number of aliphatic hydroxyl groups excluding tert-OH is 1. The van der Waals surface area contributed by atoms with E-state index in [1.54, 1.807) is 13.8 Å². The van der Waals surface area contributed by atoms with Gasteiger partial charge < -0.3 is 9.84 Å². The van der Waals surface area contributed by atoms with Crippen molar-refractivity contribution in [1.82, 2.24) is 0 Å². The van der Waals surface area contributed by atoms with Crippen LogP contribution in [0.1, 0.15) is 26.3 Å². The molecule has 100 valence electrons. The second kappa shape index (κ2) is 7.29. The fraction of sp³-hybridized carbons (Fsp3) is 0.533. The molecule has 0 unspecified atom stereocenters. The van der Waals surface area contributed by atoms with Crippen LogP contribution < -0.4 is 0 Å². The molecule has 1 rings (SSSR count). The SMILES string of the molecule is C[C@H](COCc1ccccc1)C(=O)[C@H](C)[C@@H](C)O. The number of aliphatic hydroxyl groups is 1. The Hall–Kier alpha value is -1.19. The summed E-state index contributed by atoms with van der Waals surface area (Å²) in [6.45, 7) is 6.14. The molecule has 0 aliphatic heterocycles. The van der Waals surface area contributed by atoms with E-state index in [2.05, 4.69) is 0 Å². The minimum atomic E-state index is -0.603. The lowest BCUT2D eigenvalue weighted by Gasteiger charge is -2.18. The molecule has 3 nitrogen and oxygen atoms in total. The first-order valence-corrected chi connectivity index (χ1v) is 6.35. The van der Waals surface area contributed by atoms with Gasteiger partial charge in [-0.2, -0.15) is 0 Å². The quantitative estimate of drug-likeness (QED) is 0.808. The van der Waals surface area contributed by atoms with E-state index in [0.717, 1.165) is 5.56 Å². The molecule has 18 heavy (non-hydrogen) atoms. The Balaban J connectivity index is 2.33. The molecular formula is C15H22O3. The van der Waals surface area contributed by atoms with Gasteiger partial charge in [0.2, 0.25) is 0 Å². The molecule has 1 aromatic rings. The van der Waals surface area contributed by atoms with Crippen molar-refractivity contribution in [3.63, 3.8) is 0 Å². The monoisotopic (exact) mass is 250 g/mol. The van der Waals surface area contributed by atoms with Crippen molar-refractivity contribution < 1.29 is 14.6 Å². The zero-order valence-corrected chi connectivity index (χ0v) is 11.3. The zero-order chi connectivity index (χ0) is 13.5. The van der Waals surface area contributed by atoms with Gasteiger partial charge in [0.15, 0.2) is 0 Å². The van der Waals surface area contributed by atoms with Gasteiger partial charge in [-0.3, -0.25) is 4.79 Å². The predicted octanol–water partition coefficient (Wildman–Crippen LogP) is 2.43. The zero-order valence-electron chi connectivity index (χ0n) is 11.3. The van der Waals surface area contributed by atoms with E-state index in [4.69, 9.17) is 4.74 Å². The molecule has 0 heterocycles. The summed E-state index contributed by atoms with van der Waals surface area (Å²) < 4.78 is 5.53. The van der Waals surface area contributed by atoms with Crippen molar-refractivity contribution >= 4 is 5.78 Å². The van der Waals surface area contributed by atoms with Crippen molar-refractivity contribution in [3.8, 4) is 0 Å². The summed E-state index contributed by atoms with van der Waals surface area (Å²) >= 11 is 0. The first kappa shape index (κ1) is 14.9. The molecule has 1 aromatic carbocycles. The normalized spacial score (nSPS) is 16.0. The van der Waals surface area contributed by atoms with E-state index in [-0.39, 0.29) is 17.6 Å². The number of hydrogen-bond acceptors (Lipinski definition) is 3. The molecule has 0 saturated carbocycles. The highest BCUT2D eigenvalue weighted by molar-refractivity contribution is 5.83. The lowest BCUT2D eigenvalue weighted by Crippen LogP contribution is -2.30. The maximum Gasteiger partial charge on any atom is 0.143 e. The molecule has 0 amide bonds. The summed E-state index contributed by atoms with van der Waals surface area (Å²) in [7, 11) is 0. The molecule has 0 aliphatic carbocycles. The molecule has 0 radical (unpaired) electrons. The Morgan fingerprint density at radius 1 is 1.22 bits per heavy atom. The molecule has 1 N–H and O–H groups in total. The molecule has 0 spiro atoms. The van der Waals surface area contributed by atoms with Gasteiger partial charge in [0.1, 0.15) is 5.78 Å². The van der Waals surface area contributed by atoms with Crippen molar-refractivity contribution in [1.29, 1.82) is 0 Å². The molecule has 0 bridgehead atoms. The highest BCUT2D eigenvalue weighted by Crippen LogP contribution is 2.12. The van der Waals surface area contributed by atoms with E-state index in [1.165, 1.54) is 0 Å². The second-order valence-corrected chi connectivity index (χ2v) is 4.83. The number of Topliss-reactive ketones (excluding diaryl/α,β-unsaturated/α-hetero) is 1. The van der Waals surface area contributed by atoms with Gasteiger partial charge in [0.25, 0.3) is 0 Å². The Kier molecular flexibility index (Phi) is 6.02. The van der Waals surface area contributed by atoms with Gasteiger partial charge >= 0.3 is 0 Å². The number of carbonyl (C=O) groups excluding carboxylic acids is 1. The fourth-order valence-electron chi connectivity index (χ4n) is 1.70. The molecule has 0 aliphatic rings. The van der Waals surface area contributed by atoms with Crippen LogP contribution in [0.5, 0.6) is 0 Å². The predicted molar refractivity (Wildman–Crippen MR) is 71.1 cm³/mol. The molecule has 0 saturated heterocycles.